The molecule has 0 saturated carbocycles. The molecule has 1 rings (SSSR count). The van der Waals surface area contributed by atoms with Gasteiger partial charge >= 0.3 is 0 Å². The molecule has 0 aromatic carbocycles. The Morgan fingerprint density at radius 2 is 2.31 bits per heavy atom. The Morgan fingerprint density at radius 3 is 2.75 bits per heavy atom. The maximum Gasteiger partial charge on any atom is 0.273 e. The fourth-order valence-corrected chi connectivity index (χ4v) is 1.47. The van der Waals surface area contributed by atoms with Crippen molar-refractivity contribution < 1.29 is 14.3 Å². The highest BCUT2D eigenvalue weighted by Gasteiger charge is 2.19. The van der Waals surface area contributed by atoms with Crippen LogP contribution in [0.25, 0.3) is 0 Å². The molecule has 0 aliphatic heterocycles. The van der Waals surface area contributed by atoms with Gasteiger partial charge in [-0.1, -0.05) is 13.8 Å². The van der Waals surface area contributed by atoms with E-state index in [0.717, 1.165) is 0 Å². The van der Waals surface area contributed by atoms with Crippen LogP contribution in [0.5, 0.6) is 0 Å². The van der Waals surface area contributed by atoms with Gasteiger partial charge in [-0.3, -0.25) is 4.79 Å². The second-order valence-corrected chi connectivity index (χ2v) is 4.09. The number of rotatable bonds is 5. The van der Waals surface area contributed by atoms with E-state index < -0.39 is 0 Å². The zero-order valence-corrected chi connectivity index (χ0v) is 9.86. The molecule has 1 atom stereocenters. The van der Waals surface area contributed by atoms with E-state index in [4.69, 9.17) is 9.52 Å². The van der Waals surface area contributed by atoms with Gasteiger partial charge in [0.2, 0.25) is 0 Å². The summed E-state index contributed by atoms with van der Waals surface area (Å²) in [5.74, 6) is 0.519. The van der Waals surface area contributed by atoms with Gasteiger partial charge in [-0.15, -0.1) is 0 Å². The largest absolute Gasteiger partial charge is 0.448 e. The lowest BCUT2D eigenvalue weighted by atomic mass is 10.0. The van der Waals surface area contributed by atoms with Crippen LogP contribution < -0.4 is 5.32 Å². The van der Waals surface area contributed by atoms with Crippen molar-refractivity contribution in [2.24, 2.45) is 5.92 Å². The molecule has 1 aromatic heterocycles. The minimum atomic E-state index is -0.251. The van der Waals surface area contributed by atoms with E-state index in [1.54, 1.807) is 6.92 Å². The first kappa shape index (κ1) is 12.7. The summed E-state index contributed by atoms with van der Waals surface area (Å²) in [7, 11) is 0. The third-order valence-electron chi connectivity index (χ3n) is 2.52. The average molecular weight is 226 g/mol. The molecule has 1 heterocycles. The summed E-state index contributed by atoms with van der Waals surface area (Å²) in [4.78, 5) is 15.6. The van der Waals surface area contributed by atoms with Crippen molar-refractivity contribution in [1.82, 2.24) is 10.3 Å². The van der Waals surface area contributed by atoms with E-state index in [2.05, 4.69) is 10.3 Å². The van der Waals surface area contributed by atoms with Gasteiger partial charge in [0.05, 0.1) is 0 Å². The van der Waals surface area contributed by atoms with Gasteiger partial charge in [-0.25, -0.2) is 4.98 Å². The first-order valence-electron chi connectivity index (χ1n) is 5.38. The van der Waals surface area contributed by atoms with E-state index in [0.29, 0.717) is 17.9 Å². The van der Waals surface area contributed by atoms with Crippen LogP contribution in [0.2, 0.25) is 0 Å². The lowest BCUT2D eigenvalue weighted by Gasteiger charge is -2.20. The minimum absolute atomic E-state index is 0.0476. The lowest BCUT2D eigenvalue weighted by Crippen LogP contribution is -2.39. The van der Waals surface area contributed by atoms with Crippen molar-refractivity contribution in [2.75, 3.05) is 6.61 Å². The fraction of sp³-hybridized carbons (Fsp3) is 0.636. The number of aliphatic hydroxyl groups is 1. The predicted molar refractivity (Wildman–Crippen MR) is 59.0 cm³/mol. The summed E-state index contributed by atoms with van der Waals surface area (Å²) in [5.41, 5.74) is 0.309. The summed E-state index contributed by atoms with van der Waals surface area (Å²) >= 11 is 0. The Kier molecular flexibility index (Phi) is 4.49. The van der Waals surface area contributed by atoms with Crippen molar-refractivity contribution in [2.45, 2.75) is 33.2 Å². The van der Waals surface area contributed by atoms with Gasteiger partial charge in [0, 0.05) is 12.6 Å². The van der Waals surface area contributed by atoms with Gasteiger partial charge < -0.3 is 14.8 Å². The molecule has 0 spiro atoms. The maximum absolute atomic E-state index is 11.8. The van der Waals surface area contributed by atoms with Crippen LogP contribution in [0.1, 0.15) is 36.5 Å². The zero-order valence-electron chi connectivity index (χ0n) is 9.86. The number of aromatic nitrogens is 1. The molecule has 90 valence electrons. The SMILES string of the molecule is Cc1ocnc1C(=O)NC(CCO)C(C)C. The number of aryl methyl sites for hydroxylation is 1. The minimum Gasteiger partial charge on any atom is -0.448 e. The Morgan fingerprint density at radius 1 is 1.62 bits per heavy atom. The second-order valence-electron chi connectivity index (χ2n) is 4.09. The summed E-state index contributed by atoms with van der Waals surface area (Å²) in [6.45, 7) is 5.74. The number of nitrogens with one attached hydrogen (secondary N) is 1. The van der Waals surface area contributed by atoms with Crippen LogP contribution >= 0.6 is 0 Å². The van der Waals surface area contributed by atoms with Crippen LogP contribution in [0.4, 0.5) is 0 Å². The van der Waals surface area contributed by atoms with Crippen molar-refractivity contribution in [3.05, 3.63) is 17.8 Å². The van der Waals surface area contributed by atoms with Gasteiger partial charge in [0.15, 0.2) is 12.1 Å². The van der Waals surface area contributed by atoms with Gasteiger partial charge in [-0.05, 0) is 19.3 Å². The van der Waals surface area contributed by atoms with E-state index in [-0.39, 0.29) is 24.5 Å². The molecule has 0 saturated heterocycles. The lowest BCUT2D eigenvalue weighted by molar-refractivity contribution is 0.0910. The molecule has 0 bridgehead atoms. The fourth-order valence-electron chi connectivity index (χ4n) is 1.47. The summed E-state index contributed by atoms with van der Waals surface area (Å²) in [5, 5.41) is 11.7. The van der Waals surface area contributed by atoms with E-state index in [9.17, 15) is 4.79 Å². The quantitative estimate of drug-likeness (QED) is 0.789. The van der Waals surface area contributed by atoms with Gasteiger partial charge in [-0.2, -0.15) is 0 Å². The molecule has 1 unspecified atom stereocenters. The molecule has 5 nitrogen and oxygen atoms in total. The molecule has 16 heavy (non-hydrogen) atoms. The molecule has 2 N–H and O–H groups in total. The predicted octanol–water partition coefficient (Wildman–Crippen LogP) is 1.12. The van der Waals surface area contributed by atoms with Gasteiger partial charge in [0.1, 0.15) is 5.76 Å². The third kappa shape index (κ3) is 3.06. The Labute approximate surface area is 94.9 Å². The van der Waals surface area contributed by atoms with Crippen LogP contribution in [0.15, 0.2) is 10.8 Å². The Balaban J connectivity index is 2.65. The molecular formula is C11H18N2O3. The molecule has 0 fully saturated rings. The van der Waals surface area contributed by atoms with E-state index in [1.807, 2.05) is 13.8 Å². The van der Waals surface area contributed by atoms with Crippen molar-refractivity contribution in [3.63, 3.8) is 0 Å². The van der Waals surface area contributed by atoms with E-state index >= 15 is 0 Å². The third-order valence-corrected chi connectivity index (χ3v) is 2.52. The monoisotopic (exact) mass is 226 g/mol. The summed E-state index contributed by atoms with van der Waals surface area (Å²) in [6, 6.07) is -0.0476. The molecule has 1 amide bonds. The highest BCUT2D eigenvalue weighted by Crippen LogP contribution is 2.09. The molecule has 0 radical (unpaired) electrons. The molecule has 1 aromatic rings. The highest BCUT2D eigenvalue weighted by molar-refractivity contribution is 5.93. The molecule has 5 heteroatoms. The Bertz CT molecular complexity index is 347. The normalized spacial score (nSPS) is 12.8. The van der Waals surface area contributed by atoms with Crippen LogP contribution in [0.3, 0.4) is 0 Å². The highest BCUT2D eigenvalue weighted by atomic mass is 16.3. The summed E-state index contributed by atoms with van der Waals surface area (Å²) in [6.07, 6.45) is 1.79. The number of carbonyl (C=O) groups excluding carboxylic acids is 1. The van der Waals surface area contributed by atoms with Crippen molar-refractivity contribution in [3.8, 4) is 0 Å². The van der Waals surface area contributed by atoms with Crippen molar-refractivity contribution in [1.29, 1.82) is 0 Å². The topological polar surface area (TPSA) is 75.4 Å². The molecular weight excluding hydrogens is 208 g/mol. The number of carbonyl (C=O) groups is 1. The maximum atomic E-state index is 11.8. The van der Waals surface area contributed by atoms with Gasteiger partial charge in [0.25, 0.3) is 5.91 Å². The van der Waals surface area contributed by atoms with E-state index in [1.165, 1.54) is 6.39 Å². The average Bonchev–Trinajstić information content (AvgIpc) is 2.63. The first-order valence-corrected chi connectivity index (χ1v) is 5.38. The zero-order chi connectivity index (χ0) is 12.1. The smallest absolute Gasteiger partial charge is 0.273 e. The standard InChI is InChI=1S/C11H18N2O3/c1-7(2)9(4-5-14)13-11(15)10-8(3)16-6-12-10/h6-7,9,14H,4-5H2,1-3H3,(H,13,15). The molecule has 0 aliphatic carbocycles. The summed E-state index contributed by atoms with van der Waals surface area (Å²) < 4.78 is 4.97. The number of oxazole rings is 1. The van der Waals surface area contributed by atoms with Crippen LogP contribution in [-0.4, -0.2) is 28.6 Å². The number of hydrogen-bond donors (Lipinski definition) is 2. The number of hydrogen-bond acceptors (Lipinski definition) is 4. The number of aliphatic hydroxyl groups excluding tert-OH is 1. The molecule has 0 aliphatic rings. The Hall–Kier alpha value is -1.36. The number of amides is 1. The van der Waals surface area contributed by atoms with Crippen molar-refractivity contribution >= 4 is 5.91 Å². The number of nitrogens with zero attached hydrogens (tertiary/aromatic N) is 1. The first-order chi connectivity index (χ1) is 7.56. The van der Waals surface area contributed by atoms with Crippen LogP contribution in [0, 0.1) is 12.8 Å². The second kappa shape index (κ2) is 5.65. The van der Waals surface area contributed by atoms with Crippen LogP contribution in [-0.2, 0) is 0 Å².